The first-order chi connectivity index (χ1) is 9.88. The maximum atomic E-state index is 11.8. The second kappa shape index (κ2) is 10.7. The van der Waals surface area contributed by atoms with Crippen LogP contribution in [-0.2, 0) is 4.74 Å². The quantitative estimate of drug-likeness (QED) is 0.302. The van der Waals surface area contributed by atoms with Gasteiger partial charge in [0.15, 0.2) is 5.96 Å². The Balaban J connectivity index is 0.00000441. The molecule has 1 atom stereocenters. The van der Waals surface area contributed by atoms with Gasteiger partial charge in [0, 0.05) is 13.2 Å². The number of benzene rings is 1. The number of nitrogens with two attached hydrogens (primary N) is 1. The minimum atomic E-state index is -4.28. The molecule has 8 heteroatoms. The van der Waals surface area contributed by atoms with Gasteiger partial charge in [-0.1, -0.05) is 30.3 Å². The summed E-state index contributed by atoms with van der Waals surface area (Å²) in [7, 11) is 0. The van der Waals surface area contributed by atoms with Crippen molar-refractivity contribution in [2.24, 2.45) is 10.7 Å². The van der Waals surface area contributed by atoms with E-state index in [0.717, 1.165) is 5.56 Å². The molecule has 0 fully saturated rings. The van der Waals surface area contributed by atoms with Gasteiger partial charge in [-0.05, 0) is 18.9 Å². The minimum absolute atomic E-state index is 0. The largest absolute Gasteiger partial charge is 0.411 e. The lowest BCUT2D eigenvalue weighted by atomic mass is 10.1. The minimum Gasteiger partial charge on any atom is -0.372 e. The summed E-state index contributed by atoms with van der Waals surface area (Å²) in [5.41, 5.74) is 6.79. The van der Waals surface area contributed by atoms with Gasteiger partial charge in [0.2, 0.25) is 0 Å². The third kappa shape index (κ3) is 9.82. The van der Waals surface area contributed by atoms with E-state index in [4.69, 9.17) is 5.73 Å². The van der Waals surface area contributed by atoms with Crippen LogP contribution in [-0.4, -0.2) is 31.9 Å². The lowest BCUT2D eigenvalue weighted by Crippen LogP contribution is -2.34. The van der Waals surface area contributed by atoms with Gasteiger partial charge in [0.25, 0.3) is 0 Å². The first-order valence-corrected chi connectivity index (χ1v) is 6.64. The van der Waals surface area contributed by atoms with Gasteiger partial charge in [-0.2, -0.15) is 13.2 Å². The van der Waals surface area contributed by atoms with Crippen LogP contribution in [0.15, 0.2) is 35.3 Å². The van der Waals surface area contributed by atoms with E-state index in [9.17, 15) is 13.2 Å². The van der Waals surface area contributed by atoms with Crippen LogP contribution in [0.3, 0.4) is 0 Å². The van der Waals surface area contributed by atoms with Crippen molar-refractivity contribution >= 4 is 29.9 Å². The molecule has 3 N–H and O–H groups in total. The average molecular weight is 431 g/mol. The van der Waals surface area contributed by atoms with Gasteiger partial charge < -0.3 is 15.8 Å². The van der Waals surface area contributed by atoms with Gasteiger partial charge in [0.1, 0.15) is 6.61 Å². The predicted octanol–water partition coefficient (Wildman–Crippen LogP) is 3.24. The molecule has 0 aliphatic rings. The van der Waals surface area contributed by atoms with Crippen LogP contribution in [0.2, 0.25) is 0 Å². The monoisotopic (exact) mass is 431 g/mol. The normalized spacial score (nSPS) is 13.4. The van der Waals surface area contributed by atoms with Crippen LogP contribution in [0.4, 0.5) is 13.2 Å². The zero-order chi connectivity index (χ0) is 15.7. The zero-order valence-electron chi connectivity index (χ0n) is 12.3. The third-order valence-corrected chi connectivity index (χ3v) is 2.66. The maximum Gasteiger partial charge on any atom is 0.411 e. The lowest BCUT2D eigenvalue weighted by Gasteiger charge is -2.14. The summed E-state index contributed by atoms with van der Waals surface area (Å²) in [5.74, 6) is 0.266. The van der Waals surface area contributed by atoms with Crippen LogP contribution < -0.4 is 11.1 Å². The van der Waals surface area contributed by atoms with Crippen molar-refractivity contribution in [3.05, 3.63) is 35.9 Å². The Bertz CT molecular complexity index is 441. The molecule has 0 amide bonds. The predicted molar refractivity (Wildman–Crippen MR) is 91.4 cm³/mol. The summed E-state index contributed by atoms with van der Waals surface area (Å²) in [6.45, 7) is 1.04. The zero-order valence-corrected chi connectivity index (χ0v) is 14.6. The van der Waals surface area contributed by atoms with Crippen molar-refractivity contribution in [3.63, 3.8) is 0 Å². The number of halogens is 4. The van der Waals surface area contributed by atoms with Gasteiger partial charge in [-0.3, -0.25) is 4.99 Å². The van der Waals surface area contributed by atoms with E-state index in [-0.39, 0.29) is 42.6 Å². The Labute approximate surface area is 145 Å². The highest BCUT2D eigenvalue weighted by Crippen LogP contribution is 2.14. The fraction of sp³-hybridized carbons (Fsp3) is 0.500. The lowest BCUT2D eigenvalue weighted by molar-refractivity contribution is -0.173. The summed E-state index contributed by atoms with van der Waals surface area (Å²) >= 11 is 0. The number of hydrogen-bond acceptors (Lipinski definition) is 2. The summed E-state index contributed by atoms with van der Waals surface area (Å²) in [4.78, 5) is 4.05. The number of nitrogens with one attached hydrogen (secondary N) is 1. The van der Waals surface area contributed by atoms with Crippen molar-refractivity contribution in [3.8, 4) is 0 Å². The molecule has 0 saturated heterocycles. The summed E-state index contributed by atoms with van der Waals surface area (Å²) in [5, 5.41) is 3.02. The smallest absolute Gasteiger partial charge is 0.372 e. The molecule has 1 aromatic rings. The molecule has 0 aliphatic carbocycles. The molecule has 0 heterocycles. The molecule has 0 aliphatic heterocycles. The molecule has 0 spiro atoms. The fourth-order valence-electron chi connectivity index (χ4n) is 1.65. The molecule has 1 aromatic carbocycles. The highest BCUT2D eigenvalue weighted by atomic mass is 127. The Hall–Kier alpha value is -1.03. The van der Waals surface area contributed by atoms with Crippen molar-refractivity contribution in [2.45, 2.75) is 25.6 Å². The molecule has 0 saturated carbocycles. The molecule has 0 bridgehead atoms. The first kappa shape index (κ1) is 21.0. The summed E-state index contributed by atoms with van der Waals surface area (Å²) in [6.07, 6.45) is -3.90. The van der Waals surface area contributed by atoms with Crippen LogP contribution in [0, 0.1) is 0 Å². The van der Waals surface area contributed by atoms with Crippen molar-refractivity contribution in [1.82, 2.24) is 5.32 Å². The average Bonchev–Trinajstić information content (AvgIpc) is 2.42. The van der Waals surface area contributed by atoms with Gasteiger partial charge >= 0.3 is 6.18 Å². The van der Waals surface area contributed by atoms with E-state index in [0.29, 0.717) is 13.0 Å². The van der Waals surface area contributed by atoms with Crippen molar-refractivity contribution < 1.29 is 17.9 Å². The van der Waals surface area contributed by atoms with E-state index < -0.39 is 12.8 Å². The SMILES string of the molecule is CC(NC(N)=NCCCOCC(F)(F)F)c1ccccc1.I. The second-order valence-electron chi connectivity index (χ2n) is 4.56. The number of guanidine groups is 1. The highest BCUT2D eigenvalue weighted by molar-refractivity contribution is 14.0. The number of hydrogen-bond donors (Lipinski definition) is 2. The molecular formula is C14H21F3IN3O. The van der Waals surface area contributed by atoms with Gasteiger partial charge in [-0.15, -0.1) is 24.0 Å². The number of alkyl halides is 3. The highest BCUT2D eigenvalue weighted by Gasteiger charge is 2.27. The molecule has 22 heavy (non-hydrogen) atoms. The molecule has 0 aromatic heterocycles. The Kier molecular flexibility index (Phi) is 10.2. The Morgan fingerprint density at radius 2 is 1.95 bits per heavy atom. The maximum absolute atomic E-state index is 11.8. The second-order valence-corrected chi connectivity index (χ2v) is 4.56. The topological polar surface area (TPSA) is 59.6 Å². The first-order valence-electron chi connectivity index (χ1n) is 6.64. The molecular weight excluding hydrogens is 410 g/mol. The number of nitrogens with zero attached hydrogens (tertiary/aromatic N) is 1. The van der Waals surface area contributed by atoms with Crippen LogP contribution in [0.25, 0.3) is 0 Å². The van der Waals surface area contributed by atoms with Crippen molar-refractivity contribution in [1.29, 1.82) is 0 Å². The molecule has 1 rings (SSSR count). The van der Waals surface area contributed by atoms with E-state index >= 15 is 0 Å². The van der Waals surface area contributed by atoms with Crippen LogP contribution in [0.5, 0.6) is 0 Å². The molecule has 4 nitrogen and oxygen atoms in total. The van der Waals surface area contributed by atoms with E-state index in [2.05, 4.69) is 15.0 Å². The third-order valence-electron chi connectivity index (χ3n) is 2.66. The Morgan fingerprint density at radius 1 is 1.32 bits per heavy atom. The standard InChI is InChI=1S/C14H20F3N3O.HI/c1-11(12-6-3-2-4-7-12)20-13(18)19-8-5-9-21-10-14(15,16)17;/h2-4,6-7,11H,5,8-10H2,1H3,(H3,18,19,20);1H. The van der Waals surface area contributed by atoms with Gasteiger partial charge in [0.05, 0.1) is 6.04 Å². The number of aliphatic imine (C=N–C) groups is 1. The van der Waals surface area contributed by atoms with E-state index in [1.807, 2.05) is 37.3 Å². The van der Waals surface area contributed by atoms with E-state index in [1.165, 1.54) is 0 Å². The summed E-state index contributed by atoms with van der Waals surface area (Å²) < 4.78 is 39.9. The molecule has 1 unspecified atom stereocenters. The van der Waals surface area contributed by atoms with E-state index in [1.54, 1.807) is 0 Å². The number of rotatable bonds is 7. The van der Waals surface area contributed by atoms with Crippen LogP contribution in [0.1, 0.15) is 24.9 Å². The van der Waals surface area contributed by atoms with Crippen molar-refractivity contribution in [2.75, 3.05) is 19.8 Å². The van der Waals surface area contributed by atoms with Crippen LogP contribution >= 0.6 is 24.0 Å². The summed E-state index contributed by atoms with van der Waals surface area (Å²) in [6, 6.07) is 9.73. The number of ether oxygens (including phenoxy) is 1. The van der Waals surface area contributed by atoms with Gasteiger partial charge in [-0.25, -0.2) is 0 Å². The Morgan fingerprint density at radius 3 is 2.55 bits per heavy atom. The molecule has 0 radical (unpaired) electrons. The molecule has 126 valence electrons. The fourth-order valence-corrected chi connectivity index (χ4v) is 1.65.